The Morgan fingerprint density at radius 2 is 1.75 bits per heavy atom. The van der Waals surface area contributed by atoms with E-state index >= 15 is 0 Å². The van der Waals surface area contributed by atoms with Crippen molar-refractivity contribution in [3.05, 3.63) is 0 Å². The summed E-state index contributed by atoms with van der Waals surface area (Å²) in [5.74, 6) is 2.24. The molecule has 0 aromatic heterocycles. The highest BCUT2D eigenvalue weighted by atomic mass is 32.2. The summed E-state index contributed by atoms with van der Waals surface area (Å²) in [5, 5.41) is 0.106. The molecule has 0 amide bonds. The molecule has 2 fully saturated rings. The van der Waals surface area contributed by atoms with E-state index in [1.54, 1.807) is 14.2 Å². The molecule has 2 heterocycles. The molecule has 0 aliphatic carbocycles. The Hall–Kier alpha value is 0.220. The molecular formula is C14H26O4S2. The summed E-state index contributed by atoms with van der Waals surface area (Å²) < 4.78 is 35.5. The molecule has 118 valence electrons. The minimum Gasteiger partial charge on any atom is -0.384 e. The molecule has 2 aliphatic rings. The summed E-state index contributed by atoms with van der Waals surface area (Å²) in [6.45, 7) is 1.36. The van der Waals surface area contributed by atoms with Crippen LogP contribution in [0.3, 0.4) is 0 Å². The highest BCUT2D eigenvalue weighted by Gasteiger charge is 2.42. The van der Waals surface area contributed by atoms with Gasteiger partial charge in [-0.1, -0.05) is 0 Å². The maximum Gasteiger partial charge on any atom is 0.0541 e. The van der Waals surface area contributed by atoms with Crippen molar-refractivity contribution in [1.29, 1.82) is 0 Å². The first-order valence-electron chi connectivity index (χ1n) is 7.39. The lowest BCUT2D eigenvalue weighted by Gasteiger charge is -2.39. The third kappa shape index (κ3) is 3.90. The van der Waals surface area contributed by atoms with E-state index in [-0.39, 0.29) is 10.5 Å². The van der Waals surface area contributed by atoms with Crippen LogP contribution in [0.1, 0.15) is 25.7 Å². The van der Waals surface area contributed by atoms with Crippen molar-refractivity contribution in [3.8, 4) is 0 Å². The van der Waals surface area contributed by atoms with Gasteiger partial charge in [-0.3, -0.25) is 8.42 Å². The van der Waals surface area contributed by atoms with Crippen LogP contribution in [0, 0.1) is 11.8 Å². The van der Waals surface area contributed by atoms with Gasteiger partial charge in [-0.25, -0.2) is 0 Å². The Morgan fingerprint density at radius 1 is 1.00 bits per heavy atom. The second-order valence-electron chi connectivity index (χ2n) is 5.88. The Labute approximate surface area is 126 Å². The normalized spacial score (nSPS) is 42.5. The standard InChI is InChI=1S/C14H26O4S2/c1-17-9-11-5-7-19(15)13(8-11)14-12(10-18-2)4-3-6-20(14)16/h11-14H,3-10H2,1-2H3. The number of hydrogen-bond donors (Lipinski definition) is 0. The summed E-state index contributed by atoms with van der Waals surface area (Å²) in [4.78, 5) is 0. The molecule has 0 aromatic carbocycles. The average Bonchev–Trinajstić information content (AvgIpc) is 2.42. The molecule has 0 radical (unpaired) electrons. The topological polar surface area (TPSA) is 52.6 Å². The fraction of sp³-hybridized carbons (Fsp3) is 1.00. The molecular weight excluding hydrogens is 296 g/mol. The highest BCUT2D eigenvalue weighted by Crippen LogP contribution is 2.34. The van der Waals surface area contributed by atoms with Crippen molar-refractivity contribution < 1.29 is 17.9 Å². The fourth-order valence-electron chi connectivity index (χ4n) is 3.53. The molecule has 2 saturated heterocycles. The van der Waals surface area contributed by atoms with Crippen LogP contribution in [0.2, 0.25) is 0 Å². The third-order valence-corrected chi connectivity index (χ3v) is 8.45. The van der Waals surface area contributed by atoms with Gasteiger partial charge in [0.05, 0.1) is 11.9 Å². The zero-order chi connectivity index (χ0) is 14.5. The quantitative estimate of drug-likeness (QED) is 0.766. The Kier molecular flexibility index (Phi) is 6.65. The van der Waals surface area contributed by atoms with Gasteiger partial charge in [-0.15, -0.1) is 0 Å². The lowest BCUT2D eigenvalue weighted by molar-refractivity contribution is 0.129. The van der Waals surface area contributed by atoms with E-state index in [0.29, 0.717) is 18.4 Å². The lowest BCUT2D eigenvalue weighted by Crippen LogP contribution is -2.48. The number of ether oxygens (including phenoxy) is 2. The lowest BCUT2D eigenvalue weighted by atomic mass is 9.91. The van der Waals surface area contributed by atoms with E-state index in [1.165, 1.54) is 0 Å². The van der Waals surface area contributed by atoms with Crippen LogP contribution in [0.25, 0.3) is 0 Å². The van der Waals surface area contributed by atoms with Crippen molar-refractivity contribution >= 4 is 21.6 Å². The minimum atomic E-state index is -0.861. The molecule has 0 N–H and O–H groups in total. The minimum absolute atomic E-state index is 0.0455. The largest absolute Gasteiger partial charge is 0.384 e. The van der Waals surface area contributed by atoms with Gasteiger partial charge >= 0.3 is 0 Å². The Balaban J connectivity index is 2.11. The van der Waals surface area contributed by atoms with E-state index in [9.17, 15) is 8.42 Å². The molecule has 2 aliphatic heterocycles. The van der Waals surface area contributed by atoms with Gasteiger partial charge in [0.25, 0.3) is 0 Å². The number of methoxy groups -OCH3 is 2. The first-order valence-corrected chi connectivity index (χ1v) is 10.2. The van der Waals surface area contributed by atoms with Crippen LogP contribution in [0.15, 0.2) is 0 Å². The second kappa shape index (κ2) is 8.01. The van der Waals surface area contributed by atoms with Crippen molar-refractivity contribution in [2.45, 2.75) is 36.2 Å². The van der Waals surface area contributed by atoms with Crippen molar-refractivity contribution in [3.63, 3.8) is 0 Å². The second-order valence-corrected chi connectivity index (χ2v) is 9.37. The van der Waals surface area contributed by atoms with Gasteiger partial charge in [-0.2, -0.15) is 0 Å². The van der Waals surface area contributed by atoms with Crippen molar-refractivity contribution in [2.75, 3.05) is 38.9 Å². The summed E-state index contributed by atoms with van der Waals surface area (Å²) >= 11 is 0. The number of hydrogen-bond acceptors (Lipinski definition) is 4. The molecule has 0 spiro atoms. The van der Waals surface area contributed by atoms with E-state index in [1.807, 2.05) is 0 Å². The zero-order valence-corrected chi connectivity index (χ0v) is 14.0. The molecule has 0 saturated carbocycles. The monoisotopic (exact) mass is 322 g/mol. The van der Waals surface area contributed by atoms with Gasteiger partial charge in [0, 0.05) is 59.2 Å². The Bertz CT molecular complexity index is 359. The van der Waals surface area contributed by atoms with Gasteiger partial charge in [0.1, 0.15) is 0 Å². The van der Waals surface area contributed by atoms with Crippen LogP contribution in [0.4, 0.5) is 0 Å². The summed E-state index contributed by atoms with van der Waals surface area (Å²) in [5.41, 5.74) is 0. The average molecular weight is 322 g/mol. The van der Waals surface area contributed by atoms with Crippen molar-refractivity contribution in [1.82, 2.24) is 0 Å². The molecule has 6 heteroatoms. The highest BCUT2D eigenvalue weighted by molar-refractivity contribution is 7.89. The van der Waals surface area contributed by atoms with Crippen LogP contribution in [-0.2, 0) is 31.1 Å². The van der Waals surface area contributed by atoms with Gasteiger partial charge in [-0.05, 0) is 37.5 Å². The summed E-state index contributed by atoms with van der Waals surface area (Å²) in [6, 6.07) is 0. The predicted molar refractivity (Wildman–Crippen MR) is 82.8 cm³/mol. The molecule has 6 unspecified atom stereocenters. The fourth-order valence-corrected chi connectivity index (χ4v) is 7.96. The van der Waals surface area contributed by atoms with Crippen LogP contribution >= 0.6 is 0 Å². The van der Waals surface area contributed by atoms with E-state index in [0.717, 1.165) is 43.8 Å². The molecule has 20 heavy (non-hydrogen) atoms. The van der Waals surface area contributed by atoms with Crippen molar-refractivity contribution in [2.24, 2.45) is 11.8 Å². The number of rotatable bonds is 5. The Morgan fingerprint density at radius 3 is 2.45 bits per heavy atom. The van der Waals surface area contributed by atoms with Crippen LogP contribution < -0.4 is 0 Å². The maximum atomic E-state index is 12.5. The predicted octanol–water partition coefficient (Wildman–Crippen LogP) is 1.33. The van der Waals surface area contributed by atoms with E-state index in [4.69, 9.17) is 9.47 Å². The molecule has 0 aromatic rings. The molecule has 0 bridgehead atoms. The summed E-state index contributed by atoms with van der Waals surface area (Å²) in [6.07, 6.45) is 3.90. The van der Waals surface area contributed by atoms with E-state index < -0.39 is 21.6 Å². The first kappa shape index (κ1) is 16.6. The molecule has 6 atom stereocenters. The molecule has 2 rings (SSSR count). The molecule has 4 nitrogen and oxygen atoms in total. The SMILES string of the molecule is COCC1CCS(=O)C(C2C(COC)CCCS2=O)C1. The smallest absolute Gasteiger partial charge is 0.0541 e. The zero-order valence-electron chi connectivity index (χ0n) is 12.4. The first-order chi connectivity index (χ1) is 9.67. The van der Waals surface area contributed by atoms with Gasteiger partial charge in [0.2, 0.25) is 0 Å². The van der Waals surface area contributed by atoms with Crippen LogP contribution in [0.5, 0.6) is 0 Å². The maximum absolute atomic E-state index is 12.5. The summed E-state index contributed by atoms with van der Waals surface area (Å²) in [7, 11) is 1.70. The van der Waals surface area contributed by atoms with E-state index in [2.05, 4.69) is 0 Å². The van der Waals surface area contributed by atoms with Gasteiger partial charge < -0.3 is 9.47 Å². The third-order valence-electron chi connectivity index (χ3n) is 4.47. The van der Waals surface area contributed by atoms with Crippen LogP contribution in [-0.4, -0.2) is 57.9 Å². The van der Waals surface area contributed by atoms with Gasteiger partial charge in [0.15, 0.2) is 0 Å².